The van der Waals surface area contributed by atoms with Gasteiger partial charge in [-0.2, -0.15) is 0 Å². The van der Waals surface area contributed by atoms with Crippen molar-refractivity contribution < 1.29 is 14.3 Å². The number of pyridine rings is 1. The van der Waals surface area contributed by atoms with E-state index in [0.717, 1.165) is 25.9 Å². The van der Waals surface area contributed by atoms with Crippen LogP contribution in [0, 0.1) is 0 Å². The van der Waals surface area contributed by atoms with Crippen LogP contribution in [0.4, 0.5) is 0 Å². The molecule has 1 saturated heterocycles. The predicted octanol–water partition coefficient (Wildman–Crippen LogP) is 0.154. The number of aromatic nitrogens is 1. The van der Waals surface area contributed by atoms with Crippen LogP contribution >= 0.6 is 0 Å². The highest BCUT2D eigenvalue weighted by Crippen LogP contribution is 2.07. The van der Waals surface area contributed by atoms with E-state index in [0.29, 0.717) is 0 Å². The molecule has 2 heterocycles. The van der Waals surface area contributed by atoms with Gasteiger partial charge in [0.2, 0.25) is 5.56 Å². The number of rotatable bonds is 3. The Morgan fingerprint density at radius 3 is 2.61 bits per heavy atom. The second-order valence-electron chi connectivity index (χ2n) is 4.11. The van der Waals surface area contributed by atoms with E-state index in [1.165, 1.54) is 18.3 Å². The van der Waals surface area contributed by atoms with Gasteiger partial charge in [-0.25, -0.2) is 4.79 Å². The van der Waals surface area contributed by atoms with Gasteiger partial charge in [-0.15, -0.1) is 0 Å². The van der Waals surface area contributed by atoms with Crippen LogP contribution in [0.5, 0.6) is 0 Å². The minimum atomic E-state index is -0.612. The number of carbonyl (C=O) groups excluding carboxylic acids is 2. The summed E-state index contributed by atoms with van der Waals surface area (Å²) in [5.74, 6) is -0.788. The van der Waals surface area contributed by atoms with Gasteiger partial charge < -0.3 is 14.6 Å². The second-order valence-corrected chi connectivity index (χ2v) is 4.11. The van der Waals surface area contributed by atoms with E-state index >= 15 is 0 Å². The van der Waals surface area contributed by atoms with Crippen molar-refractivity contribution in [2.45, 2.75) is 12.8 Å². The Morgan fingerprint density at radius 1 is 1.28 bits per heavy atom. The first-order chi connectivity index (χ1) is 8.66. The number of amides is 1. The molecule has 1 N–H and O–H groups in total. The molecular formula is C12H14N2O4. The highest BCUT2D eigenvalue weighted by Gasteiger charge is 2.19. The molecule has 0 spiro atoms. The molecule has 1 aromatic rings. The number of nitrogens with zero attached hydrogens (tertiary/aromatic N) is 1. The molecule has 6 heteroatoms. The summed E-state index contributed by atoms with van der Waals surface area (Å²) in [4.78, 5) is 38.1. The third-order valence-corrected chi connectivity index (χ3v) is 2.81. The van der Waals surface area contributed by atoms with Crippen LogP contribution < -0.4 is 5.56 Å². The maximum absolute atomic E-state index is 11.6. The van der Waals surface area contributed by atoms with Gasteiger partial charge in [-0.3, -0.25) is 9.59 Å². The smallest absolute Gasteiger partial charge is 0.340 e. The molecule has 2 rings (SSSR count). The van der Waals surface area contributed by atoms with Crippen LogP contribution in [0.3, 0.4) is 0 Å². The van der Waals surface area contributed by atoms with Crippen molar-refractivity contribution >= 4 is 11.9 Å². The molecule has 1 aromatic heterocycles. The van der Waals surface area contributed by atoms with Crippen molar-refractivity contribution in [1.29, 1.82) is 0 Å². The summed E-state index contributed by atoms with van der Waals surface area (Å²) in [7, 11) is 0. The molecule has 6 nitrogen and oxygen atoms in total. The first-order valence-electron chi connectivity index (χ1n) is 5.80. The summed E-state index contributed by atoms with van der Waals surface area (Å²) in [6.45, 7) is 1.21. The SMILES string of the molecule is O=C(OCC(=O)N1CCCC1)c1ccc(=O)[nH]c1. The molecule has 0 unspecified atom stereocenters. The number of H-pyrrole nitrogens is 1. The van der Waals surface area contributed by atoms with Crippen LogP contribution in [0.15, 0.2) is 23.1 Å². The zero-order valence-electron chi connectivity index (χ0n) is 9.85. The van der Waals surface area contributed by atoms with E-state index in [9.17, 15) is 14.4 Å². The van der Waals surface area contributed by atoms with Crippen molar-refractivity contribution in [3.8, 4) is 0 Å². The molecule has 18 heavy (non-hydrogen) atoms. The zero-order chi connectivity index (χ0) is 13.0. The Labute approximate surface area is 104 Å². The number of ether oxygens (including phenoxy) is 1. The fourth-order valence-electron chi connectivity index (χ4n) is 1.81. The lowest BCUT2D eigenvalue weighted by Crippen LogP contribution is -2.32. The lowest BCUT2D eigenvalue weighted by Gasteiger charge is -2.14. The van der Waals surface area contributed by atoms with Gasteiger partial charge in [0.15, 0.2) is 6.61 Å². The largest absolute Gasteiger partial charge is 0.452 e. The number of likely N-dealkylation sites (tertiary alicyclic amines) is 1. The lowest BCUT2D eigenvalue weighted by molar-refractivity contribution is -0.133. The molecule has 0 aliphatic carbocycles. The molecular weight excluding hydrogens is 236 g/mol. The van der Waals surface area contributed by atoms with E-state index in [1.54, 1.807) is 4.90 Å². The molecule has 0 aromatic carbocycles. The number of nitrogens with one attached hydrogen (secondary N) is 1. The minimum Gasteiger partial charge on any atom is -0.452 e. The highest BCUT2D eigenvalue weighted by molar-refractivity contribution is 5.90. The normalized spacial score (nSPS) is 14.6. The summed E-state index contributed by atoms with van der Waals surface area (Å²) in [5, 5.41) is 0. The number of hydrogen-bond donors (Lipinski definition) is 1. The monoisotopic (exact) mass is 250 g/mol. The van der Waals surface area contributed by atoms with Crippen molar-refractivity contribution in [3.05, 3.63) is 34.2 Å². The molecule has 96 valence electrons. The summed E-state index contributed by atoms with van der Waals surface area (Å²) in [5.41, 5.74) is -0.0662. The molecule has 0 saturated carbocycles. The summed E-state index contributed by atoms with van der Waals surface area (Å²) >= 11 is 0. The summed E-state index contributed by atoms with van der Waals surface area (Å²) in [6.07, 6.45) is 3.27. The molecule has 1 aliphatic heterocycles. The maximum Gasteiger partial charge on any atom is 0.340 e. The Balaban J connectivity index is 1.86. The molecule has 1 amide bonds. The second kappa shape index (κ2) is 5.48. The van der Waals surface area contributed by atoms with Crippen molar-refractivity contribution in [2.75, 3.05) is 19.7 Å². The lowest BCUT2D eigenvalue weighted by atomic mass is 10.3. The molecule has 1 aliphatic rings. The van der Waals surface area contributed by atoms with Gasteiger partial charge in [0.1, 0.15) is 0 Å². The van der Waals surface area contributed by atoms with Gasteiger partial charge in [-0.1, -0.05) is 0 Å². The van der Waals surface area contributed by atoms with Gasteiger partial charge in [0.25, 0.3) is 5.91 Å². The maximum atomic E-state index is 11.6. The average Bonchev–Trinajstić information content (AvgIpc) is 2.90. The van der Waals surface area contributed by atoms with Gasteiger partial charge in [-0.05, 0) is 18.9 Å². The Hall–Kier alpha value is -2.11. The van der Waals surface area contributed by atoms with Crippen LogP contribution in [-0.2, 0) is 9.53 Å². The van der Waals surface area contributed by atoms with Crippen LogP contribution in [-0.4, -0.2) is 41.5 Å². The zero-order valence-corrected chi connectivity index (χ0v) is 9.85. The average molecular weight is 250 g/mol. The van der Waals surface area contributed by atoms with Crippen LogP contribution in [0.1, 0.15) is 23.2 Å². The summed E-state index contributed by atoms with van der Waals surface area (Å²) in [6, 6.07) is 2.60. The third kappa shape index (κ3) is 2.97. The number of carbonyl (C=O) groups is 2. The first kappa shape index (κ1) is 12.3. The minimum absolute atomic E-state index is 0.176. The molecule has 0 bridgehead atoms. The number of aromatic amines is 1. The first-order valence-corrected chi connectivity index (χ1v) is 5.80. The van der Waals surface area contributed by atoms with Gasteiger partial charge >= 0.3 is 5.97 Å². The molecule has 1 fully saturated rings. The summed E-state index contributed by atoms with van der Waals surface area (Å²) < 4.78 is 4.89. The van der Waals surface area contributed by atoms with E-state index in [-0.39, 0.29) is 23.6 Å². The topological polar surface area (TPSA) is 79.5 Å². The van der Waals surface area contributed by atoms with E-state index in [2.05, 4.69) is 4.98 Å². The van der Waals surface area contributed by atoms with Gasteiger partial charge in [0.05, 0.1) is 5.56 Å². The van der Waals surface area contributed by atoms with Crippen molar-refractivity contribution in [3.63, 3.8) is 0 Å². The quantitative estimate of drug-likeness (QED) is 0.775. The third-order valence-electron chi connectivity index (χ3n) is 2.81. The fourth-order valence-corrected chi connectivity index (χ4v) is 1.81. The fraction of sp³-hybridized carbons (Fsp3) is 0.417. The van der Waals surface area contributed by atoms with Crippen LogP contribution in [0.25, 0.3) is 0 Å². The standard InChI is InChI=1S/C12H14N2O4/c15-10-4-3-9(7-13-10)12(17)18-8-11(16)14-5-1-2-6-14/h3-4,7H,1-2,5-6,8H2,(H,13,15). The van der Waals surface area contributed by atoms with E-state index in [4.69, 9.17) is 4.74 Å². The molecule has 0 radical (unpaired) electrons. The Bertz CT molecular complexity index is 483. The highest BCUT2D eigenvalue weighted by atomic mass is 16.5. The van der Waals surface area contributed by atoms with E-state index in [1.807, 2.05) is 0 Å². The Morgan fingerprint density at radius 2 is 2.00 bits per heavy atom. The van der Waals surface area contributed by atoms with Crippen molar-refractivity contribution in [2.24, 2.45) is 0 Å². The number of hydrogen-bond acceptors (Lipinski definition) is 4. The molecule has 0 atom stereocenters. The van der Waals surface area contributed by atoms with Gasteiger partial charge in [0, 0.05) is 25.4 Å². The van der Waals surface area contributed by atoms with E-state index < -0.39 is 5.97 Å². The Kier molecular flexibility index (Phi) is 3.76. The number of esters is 1. The van der Waals surface area contributed by atoms with Crippen LogP contribution in [0.2, 0.25) is 0 Å². The predicted molar refractivity (Wildman–Crippen MR) is 63.2 cm³/mol. The van der Waals surface area contributed by atoms with Crippen molar-refractivity contribution in [1.82, 2.24) is 9.88 Å².